The molecule has 2 aromatic rings. The lowest BCUT2D eigenvalue weighted by molar-refractivity contribution is 0.126. The summed E-state index contributed by atoms with van der Waals surface area (Å²) >= 11 is 0. The highest BCUT2D eigenvalue weighted by Crippen LogP contribution is 2.19. The van der Waals surface area contributed by atoms with Crippen LogP contribution < -0.4 is 5.32 Å². The van der Waals surface area contributed by atoms with Gasteiger partial charge in [0.05, 0.1) is 6.54 Å². The van der Waals surface area contributed by atoms with Crippen LogP contribution >= 0.6 is 0 Å². The summed E-state index contributed by atoms with van der Waals surface area (Å²) in [5, 5.41) is 3.21. The number of hydrogen-bond acceptors (Lipinski definition) is 4. The molecule has 0 atom stereocenters. The zero-order valence-electron chi connectivity index (χ0n) is 15.5. The average Bonchev–Trinajstić information content (AvgIpc) is 3.04. The standard InChI is InChI=1S/C20H28N4O2/c1-15-7-8-17-18(13-15)26-19(22-17)14-23-9-11-24(12-10-23)20(25)21-16-5-3-2-4-6-16/h7-8,13,16H,2-6,9-12,14H2,1H3,(H,21,25). The molecule has 1 saturated carbocycles. The molecule has 2 heterocycles. The monoisotopic (exact) mass is 356 g/mol. The molecule has 6 nitrogen and oxygen atoms in total. The molecule has 0 spiro atoms. The van der Waals surface area contributed by atoms with Gasteiger partial charge in [-0.1, -0.05) is 25.3 Å². The normalized spacial score (nSPS) is 19.8. The predicted octanol–water partition coefficient (Wildman–Crippen LogP) is 3.30. The minimum Gasteiger partial charge on any atom is -0.439 e. The number of urea groups is 1. The molecule has 0 bridgehead atoms. The largest absolute Gasteiger partial charge is 0.439 e. The summed E-state index contributed by atoms with van der Waals surface area (Å²) in [5.74, 6) is 0.755. The molecule has 6 heteroatoms. The Bertz CT molecular complexity index is 758. The lowest BCUT2D eigenvalue weighted by atomic mass is 9.96. The van der Waals surface area contributed by atoms with E-state index < -0.39 is 0 Å². The van der Waals surface area contributed by atoms with Crippen LogP contribution in [0.5, 0.6) is 0 Å². The molecule has 1 aromatic carbocycles. The molecule has 1 aliphatic carbocycles. The van der Waals surface area contributed by atoms with Gasteiger partial charge < -0.3 is 14.6 Å². The van der Waals surface area contributed by atoms with E-state index in [0.29, 0.717) is 12.6 Å². The van der Waals surface area contributed by atoms with Crippen LogP contribution in [0.15, 0.2) is 22.6 Å². The first-order valence-electron chi connectivity index (χ1n) is 9.81. The summed E-state index contributed by atoms with van der Waals surface area (Å²) in [6.07, 6.45) is 6.04. The van der Waals surface area contributed by atoms with Crippen molar-refractivity contribution in [3.05, 3.63) is 29.7 Å². The van der Waals surface area contributed by atoms with E-state index in [9.17, 15) is 4.79 Å². The third-order valence-corrected chi connectivity index (χ3v) is 5.54. The minimum absolute atomic E-state index is 0.105. The molecule has 2 amide bonds. The van der Waals surface area contributed by atoms with Gasteiger partial charge in [0, 0.05) is 32.2 Å². The Labute approximate surface area is 154 Å². The molecule has 26 heavy (non-hydrogen) atoms. The van der Waals surface area contributed by atoms with E-state index in [0.717, 1.165) is 56.0 Å². The van der Waals surface area contributed by atoms with Crippen molar-refractivity contribution >= 4 is 17.1 Å². The molecule has 2 fully saturated rings. The number of nitrogens with zero attached hydrogens (tertiary/aromatic N) is 3. The first kappa shape index (κ1) is 17.3. The number of amides is 2. The van der Waals surface area contributed by atoms with Gasteiger partial charge in [-0.15, -0.1) is 0 Å². The Kier molecular flexibility index (Phi) is 5.11. The van der Waals surface area contributed by atoms with Crippen molar-refractivity contribution in [1.29, 1.82) is 0 Å². The van der Waals surface area contributed by atoms with Crippen molar-refractivity contribution in [3.8, 4) is 0 Å². The highest BCUT2D eigenvalue weighted by molar-refractivity contribution is 5.74. The van der Waals surface area contributed by atoms with E-state index in [1.165, 1.54) is 24.8 Å². The predicted molar refractivity (Wildman–Crippen MR) is 101 cm³/mol. The molecule has 0 radical (unpaired) electrons. The highest BCUT2D eigenvalue weighted by Gasteiger charge is 2.24. The van der Waals surface area contributed by atoms with Crippen LogP contribution in [-0.4, -0.2) is 53.0 Å². The SMILES string of the molecule is Cc1ccc2nc(CN3CCN(C(=O)NC4CCCCC4)CC3)oc2c1. The zero-order valence-corrected chi connectivity index (χ0v) is 15.5. The fourth-order valence-electron chi connectivity index (χ4n) is 3.96. The number of benzene rings is 1. The van der Waals surface area contributed by atoms with Gasteiger partial charge in [0.25, 0.3) is 0 Å². The van der Waals surface area contributed by atoms with Crippen molar-refractivity contribution in [1.82, 2.24) is 20.1 Å². The number of carbonyl (C=O) groups is 1. The van der Waals surface area contributed by atoms with Crippen LogP contribution in [0.1, 0.15) is 43.6 Å². The first-order valence-corrected chi connectivity index (χ1v) is 9.81. The summed E-state index contributed by atoms with van der Waals surface area (Å²) in [5.41, 5.74) is 2.94. The van der Waals surface area contributed by atoms with Crippen LogP contribution in [0, 0.1) is 6.92 Å². The quantitative estimate of drug-likeness (QED) is 0.917. The number of carbonyl (C=O) groups excluding carboxylic acids is 1. The maximum absolute atomic E-state index is 12.4. The number of oxazole rings is 1. The van der Waals surface area contributed by atoms with E-state index in [1.54, 1.807) is 0 Å². The zero-order chi connectivity index (χ0) is 17.9. The number of aromatic nitrogens is 1. The van der Waals surface area contributed by atoms with Gasteiger partial charge in [-0.05, 0) is 37.5 Å². The van der Waals surface area contributed by atoms with Gasteiger partial charge in [0.15, 0.2) is 5.58 Å². The van der Waals surface area contributed by atoms with E-state index in [1.807, 2.05) is 17.0 Å². The van der Waals surface area contributed by atoms with E-state index >= 15 is 0 Å². The molecule has 140 valence electrons. The Morgan fingerprint density at radius 2 is 1.96 bits per heavy atom. The Balaban J connectivity index is 1.28. The van der Waals surface area contributed by atoms with Crippen LogP contribution in [0.3, 0.4) is 0 Å². The summed E-state index contributed by atoms with van der Waals surface area (Å²) in [6.45, 7) is 5.99. The maximum Gasteiger partial charge on any atom is 0.317 e. The molecule has 1 aliphatic heterocycles. The van der Waals surface area contributed by atoms with E-state index in [-0.39, 0.29) is 6.03 Å². The number of nitrogens with one attached hydrogen (secondary N) is 1. The summed E-state index contributed by atoms with van der Waals surface area (Å²) in [7, 11) is 0. The average molecular weight is 356 g/mol. The van der Waals surface area contributed by atoms with Gasteiger partial charge in [-0.3, -0.25) is 4.90 Å². The lowest BCUT2D eigenvalue weighted by Crippen LogP contribution is -2.53. The number of hydrogen-bond donors (Lipinski definition) is 1. The van der Waals surface area contributed by atoms with Gasteiger partial charge in [0.1, 0.15) is 5.52 Å². The van der Waals surface area contributed by atoms with Crippen molar-refractivity contribution in [2.24, 2.45) is 0 Å². The summed E-state index contributed by atoms with van der Waals surface area (Å²) in [6, 6.07) is 6.56. The number of piperazine rings is 1. The number of aryl methyl sites for hydroxylation is 1. The topological polar surface area (TPSA) is 61.6 Å². The summed E-state index contributed by atoms with van der Waals surface area (Å²) < 4.78 is 5.88. The van der Waals surface area contributed by atoms with Crippen LogP contribution in [-0.2, 0) is 6.54 Å². The molecule has 1 aromatic heterocycles. The Morgan fingerprint density at radius 1 is 1.19 bits per heavy atom. The molecular weight excluding hydrogens is 328 g/mol. The van der Waals surface area contributed by atoms with Gasteiger partial charge in [-0.25, -0.2) is 9.78 Å². The third kappa shape index (κ3) is 4.01. The molecule has 1 N–H and O–H groups in total. The lowest BCUT2D eigenvalue weighted by Gasteiger charge is -2.35. The number of fused-ring (bicyclic) bond motifs is 1. The van der Waals surface area contributed by atoms with Crippen molar-refractivity contribution in [2.45, 2.75) is 51.6 Å². The fraction of sp³-hybridized carbons (Fsp3) is 0.600. The second-order valence-corrected chi connectivity index (χ2v) is 7.63. The van der Waals surface area contributed by atoms with E-state index in [4.69, 9.17) is 4.42 Å². The molecule has 4 rings (SSSR count). The smallest absolute Gasteiger partial charge is 0.317 e. The minimum atomic E-state index is 0.105. The van der Waals surface area contributed by atoms with Crippen molar-refractivity contribution < 1.29 is 9.21 Å². The highest BCUT2D eigenvalue weighted by atomic mass is 16.3. The van der Waals surface area contributed by atoms with Gasteiger partial charge in [0.2, 0.25) is 5.89 Å². The van der Waals surface area contributed by atoms with Crippen LogP contribution in [0.25, 0.3) is 11.1 Å². The van der Waals surface area contributed by atoms with E-state index in [2.05, 4.69) is 28.2 Å². The number of rotatable bonds is 3. The van der Waals surface area contributed by atoms with Gasteiger partial charge >= 0.3 is 6.03 Å². The van der Waals surface area contributed by atoms with Crippen LogP contribution in [0.2, 0.25) is 0 Å². The Morgan fingerprint density at radius 3 is 2.73 bits per heavy atom. The fourth-order valence-corrected chi connectivity index (χ4v) is 3.96. The Hall–Kier alpha value is -2.08. The molecule has 2 aliphatic rings. The molecular formula is C20H28N4O2. The molecule has 1 saturated heterocycles. The summed E-state index contributed by atoms with van der Waals surface area (Å²) in [4.78, 5) is 21.3. The van der Waals surface area contributed by atoms with Crippen LogP contribution in [0.4, 0.5) is 4.79 Å². The van der Waals surface area contributed by atoms with Gasteiger partial charge in [-0.2, -0.15) is 0 Å². The van der Waals surface area contributed by atoms with Crippen molar-refractivity contribution in [2.75, 3.05) is 26.2 Å². The maximum atomic E-state index is 12.4. The second kappa shape index (κ2) is 7.66. The second-order valence-electron chi connectivity index (χ2n) is 7.63. The third-order valence-electron chi connectivity index (χ3n) is 5.54. The van der Waals surface area contributed by atoms with Crippen molar-refractivity contribution in [3.63, 3.8) is 0 Å². The first-order chi connectivity index (χ1) is 12.7. The molecule has 0 unspecified atom stereocenters.